The molecule has 18 heavy (non-hydrogen) atoms. The van der Waals surface area contributed by atoms with Gasteiger partial charge in [0.1, 0.15) is 18.2 Å². The molecule has 1 aromatic heterocycles. The molecule has 0 saturated carbocycles. The minimum atomic E-state index is -0.0429. The van der Waals surface area contributed by atoms with Gasteiger partial charge in [0.15, 0.2) is 5.82 Å². The molecule has 2 heterocycles. The number of hydrogen-bond acceptors (Lipinski definition) is 6. The maximum absolute atomic E-state index is 5.74. The lowest BCUT2D eigenvalue weighted by Gasteiger charge is -2.16. The van der Waals surface area contributed by atoms with Gasteiger partial charge in [0.25, 0.3) is 0 Å². The van der Waals surface area contributed by atoms with E-state index in [4.69, 9.17) is 10.5 Å². The van der Waals surface area contributed by atoms with Crippen LogP contribution in [0.4, 0.5) is 11.5 Å². The average molecular weight is 249 g/mol. The number of hydrogen-bond donors (Lipinski definition) is 2. The van der Waals surface area contributed by atoms with E-state index in [1.54, 1.807) is 6.21 Å². The standard InChI is InChI=1S/C12H19N5O/c1-3-14-11-8(2)15-7-16-12(11)17-10-5-4-9(6-13)18-10/h3,7,9-10H,4-6,13H2,1-2H3,(H,15,16,17). The fourth-order valence-electron chi connectivity index (χ4n) is 1.99. The largest absolute Gasteiger partial charge is 0.354 e. The summed E-state index contributed by atoms with van der Waals surface area (Å²) in [6.45, 7) is 4.33. The minimum Gasteiger partial charge on any atom is -0.354 e. The van der Waals surface area contributed by atoms with Gasteiger partial charge < -0.3 is 15.8 Å². The summed E-state index contributed by atoms with van der Waals surface area (Å²) in [5.41, 5.74) is 7.20. The van der Waals surface area contributed by atoms with Gasteiger partial charge in [-0.25, -0.2) is 9.97 Å². The number of aryl methyl sites for hydroxylation is 1. The number of nitrogens with two attached hydrogens (primary N) is 1. The van der Waals surface area contributed by atoms with Gasteiger partial charge in [-0.2, -0.15) is 0 Å². The Morgan fingerprint density at radius 3 is 3.06 bits per heavy atom. The summed E-state index contributed by atoms with van der Waals surface area (Å²) in [4.78, 5) is 12.7. The number of anilines is 1. The third kappa shape index (κ3) is 2.83. The molecule has 0 aliphatic carbocycles. The van der Waals surface area contributed by atoms with Crippen LogP contribution < -0.4 is 11.1 Å². The molecule has 6 heteroatoms. The molecule has 0 radical (unpaired) electrons. The zero-order chi connectivity index (χ0) is 13.0. The summed E-state index contributed by atoms with van der Waals surface area (Å²) in [5.74, 6) is 0.711. The third-order valence-corrected chi connectivity index (χ3v) is 2.93. The zero-order valence-electron chi connectivity index (χ0n) is 10.8. The second-order valence-electron chi connectivity index (χ2n) is 4.25. The van der Waals surface area contributed by atoms with Gasteiger partial charge >= 0.3 is 0 Å². The van der Waals surface area contributed by atoms with Gasteiger partial charge in [0, 0.05) is 12.8 Å². The molecule has 0 bridgehead atoms. The van der Waals surface area contributed by atoms with E-state index in [1.165, 1.54) is 6.33 Å². The first-order chi connectivity index (χ1) is 8.74. The second-order valence-corrected chi connectivity index (χ2v) is 4.25. The number of aliphatic imine (C=N–C) groups is 1. The lowest BCUT2D eigenvalue weighted by atomic mass is 10.2. The first kappa shape index (κ1) is 12.9. The van der Waals surface area contributed by atoms with Crippen LogP contribution in [0.3, 0.4) is 0 Å². The van der Waals surface area contributed by atoms with Gasteiger partial charge in [-0.3, -0.25) is 4.99 Å². The summed E-state index contributed by atoms with van der Waals surface area (Å²) >= 11 is 0. The number of nitrogens with zero attached hydrogens (tertiary/aromatic N) is 3. The third-order valence-electron chi connectivity index (χ3n) is 2.93. The van der Waals surface area contributed by atoms with E-state index in [0.29, 0.717) is 12.4 Å². The molecule has 2 unspecified atom stereocenters. The number of ether oxygens (including phenoxy) is 1. The number of aromatic nitrogens is 2. The van der Waals surface area contributed by atoms with Gasteiger partial charge in [-0.1, -0.05) is 0 Å². The molecular weight excluding hydrogens is 230 g/mol. The molecule has 0 amide bonds. The number of nitrogens with one attached hydrogen (secondary N) is 1. The van der Waals surface area contributed by atoms with Crippen molar-refractivity contribution in [1.82, 2.24) is 9.97 Å². The quantitative estimate of drug-likeness (QED) is 0.787. The Kier molecular flexibility index (Phi) is 4.22. The molecule has 2 atom stereocenters. The molecule has 2 rings (SSSR count). The van der Waals surface area contributed by atoms with Crippen molar-refractivity contribution in [2.24, 2.45) is 10.7 Å². The number of rotatable bonds is 4. The molecule has 1 aromatic rings. The van der Waals surface area contributed by atoms with Crippen LogP contribution in [0.5, 0.6) is 0 Å². The van der Waals surface area contributed by atoms with Crippen molar-refractivity contribution in [3.05, 3.63) is 12.0 Å². The Labute approximate surface area is 107 Å². The molecule has 98 valence electrons. The van der Waals surface area contributed by atoms with E-state index < -0.39 is 0 Å². The van der Waals surface area contributed by atoms with E-state index in [2.05, 4.69) is 20.3 Å². The summed E-state index contributed by atoms with van der Waals surface area (Å²) < 4.78 is 5.74. The Morgan fingerprint density at radius 1 is 1.56 bits per heavy atom. The molecule has 0 aromatic carbocycles. The average Bonchev–Trinajstić information content (AvgIpc) is 2.81. The summed E-state index contributed by atoms with van der Waals surface area (Å²) in [5, 5.41) is 3.26. The van der Waals surface area contributed by atoms with Crippen LogP contribution in [0.25, 0.3) is 0 Å². The molecule has 6 nitrogen and oxygen atoms in total. The monoisotopic (exact) mass is 249 g/mol. The Bertz CT molecular complexity index is 434. The van der Waals surface area contributed by atoms with Crippen molar-refractivity contribution in [3.8, 4) is 0 Å². The highest BCUT2D eigenvalue weighted by Gasteiger charge is 2.25. The van der Waals surface area contributed by atoms with Crippen LogP contribution in [-0.2, 0) is 4.74 Å². The molecule has 1 aliphatic rings. The lowest BCUT2D eigenvalue weighted by molar-refractivity contribution is 0.0661. The van der Waals surface area contributed by atoms with Crippen molar-refractivity contribution in [3.63, 3.8) is 0 Å². The maximum Gasteiger partial charge on any atom is 0.157 e. The zero-order valence-corrected chi connectivity index (χ0v) is 10.8. The Balaban J connectivity index is 2.12. The van der Waals surface area contributed by atoms with E-state index in [1.807, 2.05) is 13.8 Å². The summed E-state index contributed by atoms with van der Waals surface area (Å²) in [7, 11) is 0. The van der Waals surface area contributed by atoms with Crippen molar-refractivity contribution < 1.29 is 4.74 Å². The first-order valence-electron chi connectivity index (χ1n) is 6.17. The van der Waals surface area contributed by atoms with Crippen molar-refractivity contribution in [2.75, 3.05) is 11.9 Å². The molecule has 3 N–H and O–H groups in total. The van der Waals surface area contributed by atoms with Crippen LogP contribution >= 0.6 is 0 Å². The van der Waals surface area contributed by atoms with Crippen LogP contribution in [0.15, 0.2) is 11.3 Å². The molecule has 1 fully saturated rings. The van der Waals surface area contributed by atoms with Crippen molar-refractivity contribution >= 4 is 17.7 Å². The Hall–Kier alpha value is -1.53. The topological polar surface area (TPSA) is 85.4 Å². The summed E-state index contributed by atoms with van der Waals surface area (Å²) in [6.07, 6.45) is 5.27. The first-order valence-corrected chi connectivity index (χ1v) is 6.17. The van der Waals surface area contributed by atoms with Gasteiger partial charge in [0.2, 0.25) is 0 Å². The van der Waals surface area contributed by atoms with E-state index in [0.717, 1.165) is 24.2 Å². The fourth-order valence-corrected chi connectivity index (χ4v) is 1.99. The predicted molar refractivity (Wildman–Crippen MR) is 71.2 cm³/mol. The smallest absolute Gasteiger partial charge is 0.157 e. The normalized spacial score (nSPS) is 23.7. The highest BCUT2D eigenvalue weighted by Crippen LogP contribution is 2.28. The van der Waals surface area contributed by atoms with E-state index >= 15 is 0 Å². The van der Waals surface area contributed by atoms with Crippen LogP contribution in [0.2, 0.25) is 0 Å². The highest BCUT2D eigenvalue weighted by molar-refractivity contribution is 5.70. The van der Waals surface area contributed by atoms with Gasteiger partial charge in [-0.05, 0) is 26.7 Å². The van der Waals surface area contributed by atoms with Crippen molar-refractivity contribution in [1.29, 1.82) is 0 Å². The van der Waals surface area contributed by atoms with Gasteiger partial charge in [0.05, 0.1) is 11.8 Å². The van der Waals surface area contributed by atoms with E-state index in [-0.39, 0.29) is 12.3 Å². The molecule has 1 saturated heterocycles. The SMILES string of the molecule is CC=Nc1c(C)ncnc1NC1CCC(CN)O1. The van der Waals surface area contributed by atoms with Crippen LogP contribution in [0, 0.1) is 6.92 Å². The highest BCUT2D eigenvalue weighted by atomic mass is 16.5. The minimum absolute atomic E-state index is 0.0429. The van der Waals surface area contributed by atoms with Crippen LogP contribution in [0.1, 0.15) is 25.5 Å². The lowest BCUT2D eigenvalue weighted by Crippen LogP contribution is -2.24. The fraction of sp³-hybridized carbons (Fsp3) is 0.583. The molecule has 1 aliphatic heterocycles. The van der Waals surface area contributed by atoms with Crippen LogP contribution in [-0.4, -0.2) is 35.1 Å². The predicted octanol–water partition coefficient (Wildman–Crippen LogP) is 1.38. The second kappa shape index (κ2) is 5.88. The van der Waals surface area contributed by atoms with E-state index in [9.17, 15) is 0 Å². The maximum atomic E-state index is 5.74. The van der Waals surface area contributed by atoms with Crippen molar-refractivity contribution in [2.45, 2.75) is 39.0 Å². The van der Waals surface area contributed by atoms with Gasteiger partial charge in [-0.15, -0.1) is 0 Å². The molecular formula is C12H19N5O. The molecule has 0 spiro atoms. The summed E-state index contributed by atoms with van der Waals surface area (Å²) in [6, 6.07) is 0. The Morgan fingerprint density at radius 2 is 2.39 bits per heavy atom.